The number of halogens is 2. The largest absolute Gasteiger partial charge is 0.370 e. The van der Waals surface area contributed by atoms with Crippen LogP contribution in [0.1, 0.15) is 11.1 Å². The highest BCUT2D eigenvalue weighted by Gasteiger charge is 2.41. The average Bonchev–Trinajstić information content (AvgIpc) is 2.83. The Balaban J connectivity index is 2.22. The van der Waals surface area contributed by atoms with Gasteiger partial charge in [-0.2, -0.15) is 0 Å². The summed E-state index contributed by atoms with van der Waals surface area (Å²) >= 11 is 12.7. The Morgan fingerprint density at radius 3 is 1.85 bits per heavy atom. The summed E-state index contributed by atoms with van der Waals surface area (Å²) in [5, 5.41) is 4.55. The van der Waals surface area contributed by atoms with E-state index in [0.717, 1.165) is 11.1 Å². The van der Waals surface area contributed by atoms with Crippen LogP contribution in [-0.4, -0.2) is 12.5 Å². The van der Waals surface area contributed by atoms with E-state index in [4.69, 9.17) is 28.9 Å². The van der Waals surface area contributed by atoms with E-state index in [2.05, 4.69) is 10.3 Å². The van der Waals surface area contributed by atoms with Crippen LogP contribution in [0.4, 0.5) is 0 Å². The van der Waals surface area contributed by atoms with Crippen molar-refractivity contribution in [2.24, 2.45) is 10.7 Å². The summed E-state index contributed by atoms with van der Waals surface area (Å²) in [7, 11) is 0. The minimum atomic E-state index is -0.610. The van der Waals surface area contributed by atoms with Crippen molar-refractivity contribution in [2.45, 2.75) is 5.54 Å². The summed E-state index contributed by atoms with van der Waals surface area (Å²) in [5.74, 6) is 0.393. The summed E-state index contributed by atoms with van der Waals surface area (Å²) in [5.41, 5.74) is 7.06. The first-order valence-corrected chi connectivity index (χ1v) is 6.97. The van der Waals surface area contributed by atoms with E-state index < -0.39 is 5.54 Å². The third-order valence-corrected chi connectivity index (χ3v) is 4.15. The third-order valence-electron chi connectivity index (χ3n) is 3.50. The van der Waals surface area contributed by atoms with Gasteiger partial charge in [-0.15, -0.1) is 0 Å². The van der Waals surface area contributed by atoms with Crippen LogP contribution >= 0.6 is 23.2 Å². The number of nitrogens with one attached hydrogen (secondary N) is 1. The van der Waals surface area contributed by atoms with Crippen LogP contribution in [0.2, 0.25) is 10.0 Å². The van der Waals surface area contributed by atoms with Gasteiger partial charge in [0.15, 0.2) is 5.96 Å². The lowest BCUT2D eigenvalue weighted by atomic mass is 9.83. The van der Waals surface area contributed by atoms with Crippen LogP contribution < -0.4 is 11.1 Å². The van der Waals surface area contributed by atoms with Crippen LogP contribution in [0, 0.1) is 0 Å². The standard InChI is InChI=1S/C15H13Cl2N3/c16-12-7-3-1-5-10(12)15(9-19-14(18)20-15)11-6-2-4-8-13(11)17/h1-8H,9H2,(H3,18,19,20). The molecule has 20 heavy (non-hydrogen) atoms. The quantitative estimate of drug-likeness (QED) is 0.895. The first-order valence-electron chi connectivity index (χ1n) is 6.21. The molecule has 0 unspecified atom stereocenters. The van der Waals surface area contributed by atoms with Crippen molar-refractivity contribution in [2.75, 3.05) is 6.54 Å². The molecule has 0 aromatic heterocycles. The number of guanidine groups is 1. The van der Waals surface area contributed by atoms with E-state index in [1.54, 1.807) is 0 Å². The van der Waals surface area contributed by atoms with E-state index in [-0.39, 0.29) is 0 Å². The van der Waals surface area contributed by atoms with Crippen molar-refractivity contribution in [3.8, 4) is 0 Å². The van der Waals surface area contributed by atoms with Crippen molar-refractivity contribution >= 4 is 29.2 Å². The maximum atomic E-state index is 6.37. The second-order valence-corrected chi connectivity index (χ2v) is 5.51. The number of hydrogen-bond donors (Lipinski definition) is 2. The van der Waals surface area contributed by atoms with Crippen LogP contribution in [0.3, 0.4) is 0 Å². The fraction of sp³-hybridized carbons (Fsp3) is 0.133. The summed E-state index contributed by atoms with van der Waals surface area (Å²) in [4.78, 5) is 4.29. The number of benzene rings is 2. The molecule has 1 heterocycles. The fourth-order valence-corrected chi connectivity index (χ4v) is 3.16. The molecule has 2 aromatic carbocycles. The summed E-state index contributed by atoms with van der Waals surface area (Å²) in [6, 6.07) is 15.3. The lowest BCUT2D eigenvalue weighted by molar-refractivity contribution is 0.523. The molecular weight excluding hydrogens is 293 g/mol. The smallest absolute Gasteiger partial charge is 0.189 e. The molecule has 102 valence electrons. The zero-order chi connectivity index (χ0) is 14.2. The van der Waals surface area contributed by atoms with Gasteiger partial charge in [0.1, 0.15) is 5.54 Å². The van der Waals surface area contributed by atoms with Gasteiger partial charge >= 0.3 is 0 Å². The molecule has 0 fully saturated rings. The Kier molecular flexibility index (Phi) is 3.32. The number of nitrogens with two attached hydrogens (primary N) is 1. The molecule has 3 nitrogen and oxygen atoms in total. The zero-order valence-electron chi connectivity index (χ0n) is 10.6. The Labute approximate surface area is 127 Å². The maximum absolute atomic E-state index is 6.37. The SMILES string of the molecule is NC1=NCC(c2ccccc2Cl)(c2ccccc2Cl)N1. The second-order valence-electron chi connectivity index (χ2n) is 4.69. The summed E-state index contributed by atoms with van der Waals surface area (Å²) < 4.78 is 0. The van der Waals surface area contributed by atoms with E-state index >= 15 is 0 Å². The summed E-state index contributed by atoms with van der Waals surface area (Å²) in [6.45, 7) is 0.465. The second kappa shape index (κ2) is 5.00. The minimum absolute atomic E-state index is 0.393. The normalized spacial score (nSPS) is 16.6. The predicted octanol–water partition coefficient (Wildman–Crippen LogP) is 3.15. The first-order chi connectivity index (χ1) is 9.63. The van der Waals surface area contributed by atoms with Crippen molar-refractivity contribution in [3.63, 3.8) is 0 Å². The first kappa shape index (κ1) is 13.3. The van der Waals surface area contributed by atoms with Crippen molar-refractivity contribution < 1.29 is 0 Å². The van der Waals surface area contributed by atoms with Crippen LogP contribution in [0.15, 0.2) is 53.5 Å². The monoisotopic (exact) mass is 305 g/mol. The number of hydrogen-bond acceptors (Lipinski definition) is 3. The van der Waals surface area contributed by atoms with E-state index in [0.29, 0.717) is 22.5 Å². The molecule has 0 aliphatic carbocycles. The van der Waals surface area contributed by atoms with E-state index in [1.807, 2.05) is 48.5 Å². The molecule has 3 N–H and O–H groups in total. The average molecular weight is 306 g/mol. The van der Waals surface area contributed by atoms with Gasteiger partial charge in [0.2, 0.25) is 0 Å². The molecule has 1 aliphatic heterocycles. The van der Waals surface area contributed by atoms with E-state index in [9.17, 15) is 0 Å². The summed E-state index contributed by atoms with van der Waals surface area (Å²) in [6.07, 6.45) is 0. The Hall–Kier alpha value is -1.71. The number of aliphatic imine (C=N–C) groups is 1. The number of nitrogens with zero attached hydrogens (tertiary/aromatic N) is 1. The predicted molar refractivity (Wildman–Crippen MR) is 83.3 cm³/mol. The highest BCUT2D eigenvalue weighted by molar-refractivity contribution is 6.32. The molecule has 0 amide bonds. The Bertz CT molecular complexity index is 637. The van der Waals surface area contributed by atoms with Crippen molar-refractivity contribution in [1.29, 1.82) is 0 Å². The zero-order valence-corrected chi connectivity index (χ0v) is 12.1. The van der Waals surface area contributed by atoms with Crippen molar-refractivity contribution in [3.05, 3.63) is 69.7 Å². The van der Waals surface area contributed by atoms with Crippen molar-refractivity contribution in [1.82, 2.24) is 5.32 Å². The topological polar surface area (TPSA) is 50.4 Å². The molecule has 1 aliphatic rings. The van der Waals surface area contributed by atoms with Crippen LogP contribution in [0.5, 0.6) is 0 Å². The molecule has 0 saturated heterocycles. The van der Waals surface area contributed by atoms with Gasteiger partial charge in [-0.25, -0.2) is 0 Å². The van der Waals surface area contributed by atoms with Gasteiger partial charge < -0.3 is 11.1 Å². The van der Waals surface area contributed by atoms with Gasteiger partial charge in [0.05, 0.1) is 6.54 Å². The van der Waals surface area contributed by atoms with E-state index in [1.165, 1.54) is 0 Å². The lowest BCUT2D eigenvalue weighted by Crippen LogP contribution is -2.46. The molecule has 0 radical (unpaired) electrons. The highest BCUT2D eigenvalue weighted by Crippen LogP contribution is 2.39. The molecule has 0 saturated carbocycles. The molecule has 3 rings (SSSR count). The highest BCUT2D eigenvalue weighted by atomic mass is 35.5. The van der Waals surface area contributed by atoms with Crippen LogP contribution in [0.25, 0.3) is 0 Å². The maximum Gasteiger partial charge on any atom is 0.189 e. The lowest BCUT2D eigenvalue weighted by Gasteiger charge is -2.32. The molecule has 5 heteroatoms. The number of rotatable bonds is 2. The molecule has 0 atom stereocenters. The Morgan fingerprint density at radius 2 is 1.45 bits per heavy atom. The van der Waals surface area contributed by atoms with Gasteiger partial charge in [-0.1, -0.05) is 59.6 Å². The fourth-order valence-electron chi connectivity index (χ4n) is 2.57. The molecule has 0 spiro atoms. The van der Waals surface area contributed by atoms with Gasteiger partial charge in [0.25, 0.3) is 0 Å². The van der Waals surface area contributed by atoms with Gasteiger partial charge in [-0.3, -0.25) is 4.99 Å². The molecular formula is C15H13Cl2N3. The molecule has 0 bridgehead atoms. The Morgan fingerprint density at radius 1 is 0.950 bits per heavy atom. The van der Waals surface area contributed by atoms with Gasteiger partial charge in [0, 0.05) is 21.2 Å². The molecule has 2 aromatic rings. The van der Waals surface area contributed by atoms with Crippen LogP contribution in [-0.2, 0) is 5.54 Å². The van der Waals surface area contributed by atoms with Gasteiger partial charge in [-0.05, 0) is 12.1 Å². The third kappa shape index (κ3) is 2.03. The minimum Gasteiger partial charge on any atom is -0.370 e.